The summed E-state index contributed by atoms with van der Waals surface area (Å²) >= 11 is 0. The van der Waals surface area contributed by atoms with E-state index in [1.54, 1.807) is 12.4 Å². The molecule has 0 fully saturated rings. The third-order valence-corrected chi connectivity index (χ3v) is 2.38. The molecule has 0 aliphatic rings. The SMILES string of the molecule is Cc1cc(-c2nccc(C)c2N)ccn1. The molecule has 3 nitrogen and oxygen atoms in total. The van der Waals surface area contributed by atoms with E-state index in [0.717, 1.165) is 28.2 Å². The van der Waals surface area contributed by atoms with Crippen molar-refractivity contribution >= 4 is 5.69 Å². The van der Waals surface area contributed by atoms with Crippen LogP contribution in [0, 0.1) is 13.8 Å². The minimum atomic E-state index is 0.739. The van der Waals surface area contributed by atoms with Gasteiger partial charge in [-0.1, -0.05) is 0 Å². The summed E-state index contributed by atoms with van der Waals surface area (Å²) in [5.74, 6) is 0. The van der Waals surface area contributed by atoms with Crippen LogP contribution in [0.15, 0.2) is 30.6 Å². The van der Waals surface area contributed by atoms with Gasteiger partial charge >= 0.3 is 0 Å². The molecule has 0 aromatic carbocycles. The third-order valence-electron chi connectivity index (χ3n) is 2.38. The van der Waals surface area contributed by atoms with Crippen LogP contribution in [0.3, 0.4) is 0 Å². The third kappa shape index (κ3) is 1.81. The van der Waals surface area contributed by atoms with E-state index in [1.165, 1.54) is 0 Å². The summed E-state index contributed by atoms with van der Waals surface area (Å²) in [5, 5.41) is 0. The minimum absolute atomic E-state index is 0.739. The first-order chi connectivity index (χ1) is 7.18. The van der Waals surface area contributed by atoms with Gasteiger partial charge in [0.05, 0.1) is 11.4 Å². The number of nitrogens with zero attached hydrogens (tertiary/aromatic N) is 2. The number of aryl methyl sites for hydroxylation is 2. The zero-order chi connectivity index (χ0) is 10.8. The van der Waals surface area contributed by atoms with E-state index >= 15 is 0 Å². The maximum Gasteiger partial charge on any atom is 0.0935 e. The topological polar surface area (TPSA) is 51.8 Å². The van der Waals surface area contributed by atoms with Crippen LogP contribution in [0.1, 0.15) is 11.3 Å². The molecule has 0 aliphatic carbocycles. The van der Waals surface area contributed by atoms with Crippen molar-refractivity contribution in [3.8, 4) is 11.3 Å². The monoisotopic (exact) mass is 199 g/mol. The van der Waals surface area contributed by atoms with E-state index in [9.17, 15) is 0 Å². The lowest BCUT2D eigenvalue weighted by atomic mass is 10.1. The van der Waals surface area contributed by atoms with Gasteiger partial charge in [0.1, 0.15) is 0 Å². The fourth-order valence-corrected chi connectivity index (χ4v) is 1.49. The van der Waals surface area contributed by atoms with Crippen molar-refractivity contribution in [2.75, 3.05) is 5.73 Å². The van der Waals surface area contributed by atoms with Gasteiger partial charge in [-0.2, -0.15) is 0 Å². The molecule has 2 N–H and O–H groups in total. The smallest absolute Gasteiger partial charge is 0.0935 e. The van der Waals surface area contributed by atoms with Crippen molar-refractivity contribution in [1.29, 1.82) is 0 Å². The van der Waals surface area contributed by atoms with Crippen molar-refractivity contribution in [3.63, 3.8) is 0 Å². The van der Waals surface area contributed by atoms with E-state index in [4.69, 9.17) is 5.73 Å². The number of hydrogen-bond donors (Lipinski definition) is 1. The Bertz CT molecular complexity index is 492. The first-order valence-corrected chi connectivity index (χ1v) is 4.82. The molecular weight excluding hydrogens is 186 g/mol. The van der Waals surface area contributed by atoms with Crippen LogP contribution >= 0.6 is 0 Å². The quantitative estimate of drug-likeness (QED) is 0.767. The molecule has 0 saturated carbocycles. The Labute approximate surface area is 89.0 Å². The summed E-state index contributed by atoms with van der Waals surface area (Å²) in [4.78, 5) is 8.45. The van der Waals surface area contributed by atoms with Gasteiger partial charge in [-0.05, 0) is 37.6 Å². The van der Waals surface area contributed by atoms with Gasteiger partial charge in [-0.3, -0.25) is 9.97 Å². The summed E-state index contributed by atoms with van der Waals surface area (Å²) < 4.78 is 0. The van der Waals surface area contributed by atoms with Gasteiger partial charge in [-0.25, -0.2) is 0 Å². The standard InChI is InChI=1S/C12H13N3/c1-8-3-5-15-12(11(8)13)10-4-6-14-9(2)7-10/h3-7H,13H2,1-2H3. The number of nitrogen functional groups attached to an aromatic ring is 1. The maximum atomic E-state index is 5.98. The van der Waals surface area contributed by atoms with Gasteiger partial charge in [0.15, 0.2) is 0 Å². The Morgan fingerprint density at radius 3 is 2.53 bits per heavy atom. The van der Waals surface area contributed by atoms with Crippen LogP contribution in [-0.4, -0.2) is 9.97 Å². The summed E-state index contributed by atoms with van der Waals surface area (Å²) in [7, 11) is 0. The second kappa shape index (κ2) is 3.69. The van der Waals surface area contributed by atoms with Crippen molar-refractivity contribution in [2.24, 2.45) is 0 Å². The molecular formula is C12H13N3. The van der Waals surface area contributed by atoms with E-state index in [2.05, 4.69) is 9.97 Å². The summed E-state index contributed by atoms with van der Waals surface area (Å²) in [6.45, 7) is 3.93. The number of pyridine rings is 2. The Kier molecular flexibility index (Phi) is 2.37. The Hall–Kier alpha value is -1.90. The lowest BCUT2D eigenvalue weighted by Crippen LogP contribution is -1.96. The molecule has 0 unspecified atom stereocenters. The fraction of sp³-hybridized carbons (Fsp3) is 0.167. The van der Waals surface area contributed by atoms with Crippen LogP contribution < -0.4 is 5.73 Å². The number of hydrogen-bond acceptors (Lipinski definition) is 3. The van der Waals surface area contributed by atoms with Crippen molar-refractivity contribution in [1.82, 2.24) is 9.97 Å². The van der Waals surface area contributed by atoms with Crippen LogP contribution in [0.2, 0.25) is 0 Å². The highest BCUT2D eigenvalue weighted by atomic mass is 14.7. The second-order valence-electron chi connectivity index (χ2n) is 3.58. The average molecular weight is 199 g/mol. The highest BCUT2D eigenvalue weighted by Crippen LogP contribution is 2.25. The number of aromatic nitrogens is 2. The van der Waals surface area contributed by atoms with Crippen molar-refractivity contribution < 1.29 is 0 Å². The van der Waals surface area contributed by atoms with Gasteiger partial charge in [0.25, 0.3) is 0 Å². The Morgan fingerprint density at radius 2 is 1.80 bits per heavy atom. The highest BCUT2D eigenvalue weighted by molar-refractivity contribution is 5.74. The molecule has 2 aromatic rings. The van der Waals surface area contributed by atoms with Gasteiger partial charge in [0, 0.05) is 23.7 Å². The van der Waals surface area contributed by atoms with Crippen molar-refractivity contribution in [3.05, 3.63) is 41.9 Å². The second-order valence-corrected chi connectivity index (χ2v) is 3.58. The van der Waals surface area contributed by atoms with Gasteiger partial charge in [0.2, 0.25) is 0 Å². The van der Waals surface area contributed by atoms with Crippen LogP contribution in [-0.2, 0) is 0 Å². The van der Waals surface area contributed by atoms with Gasteiger partial charge < -0.3 is 5.73 Å². The van der Waals surface area contributed by atoms with Crippen molar-refractivity contribution in [2.45, 2.75) is 13.8 Å². The van der Waals surface area contributed by atoms with E-state index in [-0.39, 0.29) is 0 Å². The lowest BCUT2D eigenvalue weighted by Gasteiger charge is -2.07. The highest BCUT2D eigenvalue weighted by Gasteiger charge is 2.05. The summed E-state index contributed by atoms with van der Waals surface area (Å²) in [6.07, 6.45) is 3.55. The molecule has 0 bridgehead atoms. The molecule has 2 aromatic heterocycles. The molecule has 0 aliphatic heterocycles. The molecule has 0 saturated heterocycles. The average Bonchev–Trinajstić information content (AvgIpc) is 2.22. The number of nitrogens with two attached hydrogens (primary N) is 1. The molecule has 0 amide bonds. The molecule has 2 rings (SSSR count). The molecule has 76 valence electrons. The summed E-state index contributed by atoms with van der Waals surface area (Å²) in [5.41, 5.74) is 10.6. The predicted octanol–water partition coefficient (Wildman–Crippen LogP) is 2.34. The first-order valence-electron chi connectivity index (χ1n) is 4.82. The number of rotatable bonds is 1. The molecule has 3 heteroatoms. The molecule has 0 spiro atoms. The molecule has 0 atom stereocenters. The maximum absolute atomic E-state index is 5.98. The van der Waals surface area contributed by atoms with E-state index < -0.39 is 0 Å². The fourth-order valence-electron chi connectivity index (χ4n) is 1.49. The van der Waals surface area contributed by atoms with Gasteiger partial charge in [-0.15, -0.1) is 0 Å². The van der Waals surface area contributed by atoms with E-state index in [0.29, 0.717) is 0 Å². The number of anilines is 1. The lowest BCUT2D eigenvalue weighted by molar-refractivity contribution is 1.19. The Morgan fingerprint density at radius 1 is 1.07 bits per heavy atom. The van der Waals surface area contributed by atoms with E-state index in [1.807, 2.05) is 32.0 Å². The zero-order valence-electron chi connectivity index (χ0n) is 8.86. The molecule has 15 heavy (non-hydrogen) atoms. The zero-order valence-corrected chi connectivity index (χ0v) is 8.86. The molecule has 2 heterocycles. The normalized spacial score (nSPS) is 10.3. The van der Waals surface area contributed by atoms with Crippen LogP contribution in [0.4, 0.5) is 5.69 Å². The molecule has 0 radical (unpaired) electrons. The Balaban J connectivity index is 2.59. The minimum Gasteiger partial charge on any atom is -0.397 e. The predicted molar refractivity (Wildman–Crippen MR) is 61.4 cm³/mol. The first kappa shape index (κ1) is 9.65. The van der Waals surface area contributed by atoms with Crippen LogP contribution in [0.25, 0.3) is 11.3 Å². The summed E-state index contributed by atoms with van der Waals surface area (Å²) in [6, 6.07) is 5.82. The van der Waals surface area contributed by atoms with Crippen LogP contribution in [0.5, 0.6) is 0 Å². The largest absolute Gasteiger partial charge is 0.397 e.